The van der Waals surface area contributed by atoms with E-state index in [9.17, 15) is 0 Å². The molecule has 0 saturated heterocycles. The van der Waals surface area contributed by atoms with Crippen LogP contribution in [-0.2, 0) is 6.54 Å². The zero-order chi connectivity index (χ0) is 13.9. The van der Waals surface area contributed by atoms with E-state index in [1.165, 1.54) is 0 Å². The minimum absolute atomic E-state index is 0.0601. The quantitative estimate of drug-likeness (QED) is 0.759. The molecule has 0 aliphatic carbocycles. The molecule has 0 fully saturated rings. The van der Waals surface area contributed by atoms with Crippen molar-refractivity contribution >= 4 is 22.5 Å². The lowest BCUT2D eigenvalue weighted by atomic mass is 9.95. The van der Waals surface area contributed by atoms with Crippen molar-refractivity contribution in [1.29, 1.82) is 0 Å². The SMILES string of the molecule is CCC(C)(CCO)NCc1[nH]c2ccccc2c1Cl. The van der Waals surface area contributed by atoms with E-state index in [1.54, 1.807) is 0 Å². The molecule has 0 saturated carbocycles. The van der Waals surface area contributed by atoms with Gasteiger partial charge in [-0.15, -0.1) is 0 Å². The van der Waals surface area contributed by atoms with Gasteiger partial charge in [0.2, 0.25) is 0 Å². The highest BCUT2D eigenvalue weighted by Crippen LogP contribution is 2.27. The van der Waals surface area contributed by atoms with Gasteiger partial charge in [-0.1, -0.05) is 36.7 Å². The van der Waals surface area contributed by atoms with Crippen molar-refractivity contribution in [1.82, 2.24) is 10.3 Å². The Morgan fingerprint density at radius 3 is 2.74 bits per heavy atom. The van der Waals surface area contributed by atoms with Crippen LogP contribution < -0.4 is 5.32 Å². The Balaban J connectivity index is 2.15. The maximum absolute atomic E-state index is 9.13. The molecule has 1 aromatic carbocycles. The second-order valence-corrected chi connectivity index (χ2v) is 5.58. The molecule has 0 bridgehead atoms. The number of aliphatic hydroxyl groups excluding tert-OH is 1. The van der Waals surface area contributed by atoms with Crippen LogP contribution >= 0.6 is 11.6 Å². The van der Waals surface area contributed by atoms with E-state index in [4.69, 9.17) is 16.7 Å². The lowest BCUT2D eigenvalue weighted by molar-refractivity contribution is 0.214. The van der Waals surface area contributed by atoms with Gasteiger partial charge < -0.3 is 15.4 Å². The third kappa shape index (κ3) is 3.11. The van der Waals surface area contributed by atoms with Gasteiger partial charge in [0.15, 0.2) is 0 Å². The number of nitrogens with one attached hydrogen (secondary N) is 2. The van der Waals surface area contributed by atoms with Crippen LogP contribution in [0.4, 0.5) is 0 Å². The van der Waals surface area contributed by atoms with Crippen LogP contribution in [0.1, 0.15) is 32.4 Å². The first-order valence-electron chi connectivity index (χ1n) is 6.70. The van der Waals surface area contributed by atoms with E-state index in [0.717, 1.165) is 34.5 Å². The number of benzene rings is 1. The molecular formula is C15H21ClN2O. The van der Waals surface area contributed by atoms with Crippen LogP contribution in [0.5, 0.6) is 0 Å². The summed E-state index contributed by atoms with van der Waals surface area (Å²) in [6, 6.07) is 8.03. The normalized spacial score (nSPS) is 14.7. The van der Waals surface area contributed by atoms with Gasteiger partial charge in [0.1, 0.15) is 0 Å². The molecular weight excluding hydrogens is 260 g/mol. The topological polar surface area (TPSA) is 48.0 Å². The molecule has 1 aromatic heterocycles. The predicted molar refractivity (Wildman–Crippen MR) is 80.5 cm³/mol. The van der Waals surface area contributed by atoms with Crippen LogP contribution in [0.3, 0.4) is 0 Å². The van der Waals surface area contributed by atoms with Crippen LogP contribution in [-0.4, -0.2) is 22.2 Å². The van der Waals surface area contributed by atoms with Crippen LogP contribution in [0.25, 0.3) is 10.9 Å². The zero-order valence-electron chi connectivity index (χ0n) is 11.5. The van der Waals surface area contributed by atoms with Crippen molar-refractivity contribution in [3.05, 3.63) is 35.0 Å². The van der Waals surface area contributed by atoms with Gasteiger partial charge in [0.25, 0.3) is 0 Å². The molecule has 104 valence electrons. The number of H-pyrrole nitrogens is 1. The average Bonchev–Trinajstić information content (AvgIpc) is 2.74. The fraction of sp³-hybridized carbons (Fsp3) is 0.467. The van der Waals surface area contributed by atoms with Crippen molar-refractivity contribution in [3.8, 4) is 0 Å². The summed E-state index contributed by atoms with van der Waals surface area (Å²) in [6.07, 6.45) is 1.70. The number of hydrogen-bond donors (Lipinski definition) is 3. The van der Waals surface area contributed by atoms with E-state index in [0.29, 0.717) is 6.54 Å². The Morgan fingerprint density at radius 1 is 1.37 bits per heavy atom. The molecule has 3 N–H and O–H groups in total. The van der Waals surface area contributed by atoms with E-state index < -0.39 is 0 Å². The van der Waals surface area contributed by atoms with E-state index >= 15 is 0 Å². The van der Waals surface area contributed by atoms with Crippen molar-refractivity contribution < 1.29 is 5.11 Å². The highest BCUT2D eigenvalue weighted by atomic mass is 35.5. The Morgan fingerprint density at radius 2 is 2.11 bits per heavy atom. The number of hydrogen-bond acceptors (Lipinski definition) is 2. The van der Waals surface area contributed by atoms with Crippen LogP contribution in [0.15, 0.2) is 24.3 Å². The molecule has 1 atom stereocenters. The number of halogens is 1. The van der Waals surface area contributed by atoms with Crippen molar-refractivity contribution in [3.63, 3.8) is 0 Å². The van der Waals surface area contributed by atoms with Gasteiger partial charge in [-0.3, -0.25) is 0 Å². The summed E-state index contributed by atoms with van der Waals surface area (Å²) in [5, 5.41) is 14.5. The predicted octanol–water partition coefficient (Wildman–Crippen LogP) is 3.46. The van der Waals surface area contributed by atoms with Crippen molar-refractivity contribution in [2.24, 2.45) is 0 Å². The molecule has 0 amide bonds. The Kier molecular flexibility index (Phi) is 4.50. The number of fused-ring (bicyclic) bond motifs is 1. The monoisotopic (exact) mass is 280 g/mol. The first kappa shape index (κ1) is 14.4. The van der Waals surface area contributed by atoms with Gasteiger partial charge in [0, 0.05) is 35.3 Å². The molecule has 2 rings (SSSR count). The molecule has 0 radical (unpaired) electrons. The number of aromatic nitrogens is 1. The first-order chi connectivity index (χ1) is 9.09. The van der Waals surface area contributed by atoms with Crippen molar-refractivity contribution in [2.75, 3.05) is 6.61 Å². The highest BCUT2D eigenvalue weighted by Gasteiger charge is 2.21. The number of aromatic amines is 1. The Hall–Kier alpha value is -1.03. The summed E-state index contributed by atoms with van der Waals surface area (Å²) in [4.78, 5) is 3.35. The molecule has 0 spiro atoms. The molecule has 0 aliphatic heterocycles. The zero-order valence-corrected chi connectivity index (χ0v) is 12.2. The Bertz CT molecular complexity index is 552. The molecule has 1 heterocycles. The molecule has 1 unspecified atom stereocenters. The van der Waals surface area contributed by atoms with Gasteiger partial charge in [-0.2, -0.15) is 0 Å². The van der Waals surface area contributed by atoms with Crippen molar-refractivity contribution in [2.45, 2.75) is 38.8 Å². The smallest absolute Gasteiger partial charge is 0.0705 e. The summed E-state index contributed by atoms with van der Waals surface area (Å²) in [5.74, 6) is 0. The lowest BCUT2D eigenvalue weighted by Gasteiger charge is -2.29. The third-order valence-corrected chi connectivity index (χ3v) is 4.28. The minimum Gasteiger partial charge on any atom is -0.396 e. The summed E-state index contributed by atoms with van der Waals surface area (Å²) < 4.78 is 0. The number of rotatable bonds is 6. The fourth-order valence-electron chi connectivity index (χ4n) is 2.22. The van der Waals surface area contributed by atoms with Gasteiger partial charge in [-0.25, -0.2) is 0 Å². The second kappa shape index (κ2) is 5.95. The summed E-state index contributed by atoms with van der Waals surface area (Å²) in [7, 11) is 0. The largest absolute Gasteiger partial charge is 0.396 e. The second-order valence-electron chi connectivity index (χ2n) is 5.20. The number of aliphatic hydroxyl groups is 1. The number of para-hydroxylation sites is 1. The summed E-state index contributed by atoms with van der Waals surface area (Å²) in [6.45, 7) is 5.12. The molecule has 19 heavy (non-hydrogen) atoms. The van der Waals surface area contributed by atoms with E-state index in [-0.39, 0.29) is 12.1 Å². The van der Waals surface area contributed by atoms with Gasteiger partial charge >= 0.3 is 0 Å². The van der Waals surface area contributed by atoms with E-state index in [2.05, 4.69) is 24.1 Å². The minimum atomic E-state index is -0.0601. The van der Waals surface area contributed by atoms with Gasteiger partial charge in [-0.05, 0) is 25.8 Å². The third-order valence-electron chi connectivity index (χ3n) is 3.85. The average molecular weight is 281 g/mol. The van der Waals surface area contributed by atoms with Crippen LogP contribution in [0, 0.1) is 0 Å². The lowest BCUT2D eigenvalue weighted by Crippen LogP contribution is -2.42. The maximum atomic E-state index is 9.13. The highest BCUT2D eigenvalue weighted by molar-refractivity contribution is 6.36. The summed E-state index contributed by atoms with van der Waals surface area (Å²) >= 11 is 6.39. The molecule has 3 nitrogen and oxygen atoms in total. The molecule has 2 aromatic rings. The Labute approximate surface area is 119 Å². The van der Waals surface area contributed by atoms with E-state index in [1.807, 2.05) is 24.3 Å². The van der Waals surface area contributed by atoms with Crippen LogP contribution in [0.2, 0.25) is 5.02 Å². The maximum Gasteiger partial charge on any atom is 0.0705 e. The summed E-state index contributed by atoms with van der Waals surface area (Å²) in [5.41, 5.74) is 2.00. The fourth-order valence-corrected chi connectivity index (χ4v) is 2.50. The first-order valence-corrected chi connectivity index (χ1v) is 7.08. The molecule has 4 heteroatoms. The standard InChI is InChI=1S/C15H21ClN2O/c1-3-15(2,8-9-19)17-10-13-14(16)11-6-4-5-7-12(11)18-13/h4-7,17-19H,3,8-10H2,1-2H3. The van der Waals surface area contributed by atoms with Gasteiger partial charge in [0.05, 0.1) is 5.02 Å². The molecule has 0 aliphatic rings.